The van der Waals surface area contributed by atoms with E-state index >= 15 is 0 Å². The van der Waals surface area contributed by atoms with Crippen LogP contribution in [0.1, 0.15) is 12.8 Å². The van der Waals surface area contributed by atoms with Crippen molar-refractivity contribution in [3.05, 3.63) is 52.7 Å². The quantitative estimate of drug-likeness (QED) is 0.408. The Morgan fingerprint density at radius 3 is 2.10 bits per heavy atom. The number of aliphatic hydroxyl groups is 4. The number of hydrogen-bond donors (Lipinski definition) is 5. The number of benzene rings is 1. The first kappa shape index (κ1) is 22.8. The van der Waals surface area contributed by atoms with Crippen molar-refractivity contribution in [3.8, 4) is 5.75 Å². The molecule has 0 radical (unpaired) electrons. The van der Waals surface area contributed by atoms with Crippen LogP contribution in [0.15, 0.2) is 47.7 Å². The van der Waals surface area contributed by atoms with Gasteiger partial charge in [0.1, 0.15) is 11.9 Å². The molecule has 0 aromatic heterocycles. The zero-order valence-electron chi connectivity index (χ0n) is 15.9. The molecule has 0 aliphatic carbocycles. The molecule has 1 aromatic rings. The minimum atomic E-state index is -4.39. The fraction of sp³-hybridized carbons (Fsp3) is 0.389. The van der Waals surface area contributed by atoms with E-state index in [1.807, 2.05) is 0 Å². The summed E-state index contributed by atoms with van der Waals surface area (Å²) in [5.74, 6) is -8.54. The number of nitrogens with zero attached hydrogens (tertiary/aromatic N) is 1. The second-order valence-corrected chi connectivity index (χ2v) is 9.45. The van der Waals surface area contributed by atoms with Crippen molar-refractivity contribution in [2.24, 2.45) is 5.41 Å². The molecule has 0 bridgehead atoms. The molecule has 0 unspecified atom stereocenters. The molecular formula is C18H20ClNO10S. The largest absolute Gasteiger partial charge is 0.504 e. The van der Waals surface area contributed by atoms with Gasteiger partial charge < -0.3 is 35.0 Å². The van der Waals surface area contributed by atoms with Crippen LogP contribution in [0.3, 0.4) is 0 Å². The third-order valence-corrected chi connectivity index (χ3v) is 7.28. The summed E-state index contributed by atoms with van der Waals surface area (Å²) in [6, 6.07) is 6.66. The van der Waals surface area contributed by atoms with E-state index in [1.54, 1.807) is 24.3 Å². The third-order valence-electron chi connectivity index (χ3n) is 5.08. The number of carboxylic acid groups (broad SMARTS) is 1. The number of aliphatic hydroxyl groups excluding tert-OH is 4. The lowest BCUT2D eigenvalue weighted by Gasteiger charge is -2.35. The van der Waals surface area contributed by atoms with Gasteiger partial charge in [-0.2, -0.15) is 0 Å². The molecule has 0 saturated carbocycles. The van der Waals surface area contributed by atoms with Gasteiger partial charge in [-0.15, -0.1) is 0 Å². The van der Waals surface area contributed by atoms with Crippen LogP contribution in [0.25, 0.3) is 0 Å². The molecule has 170 valence electrons. The van der Waals surface area contributed by atoms with E-state index in [1.165, 1.54) is 0 Å². The first-order chi connectivity index (χ1) is 14.5. The van der Waals surface area contributed by atoms with E-state index in [0.29, 0.717) is 23.6 Å². The van der Waals surface area contributed by atoms with Crippen LogP contribution in [0.2, 0.25) is 5.02 Å². The van der Waals surface area contributed by atoms with Crippen LogP contribution in [-0.2, 0) is 19.6 Å². The Labute approximate surface area is 182 Å². The first-order valence-corrected chi connectivity index (χ1v) is 11.0. The highest BCUT2D eigenvalue weighted by Crippen LogP contribution is 2.42. The molecule has 0 spiro atoms. The maximum Gasteiger partial charge on any atom is 0.326 e. The lowest BCUT2D eigenvalue weighted by molar-refractivity contribution is -0.149. The summed E-state index contributed by atoms with van der Waals surface area (Å²) in [6.45, 7) is -0.0284. The van der Waals surface area contributed by atoms with Crippen LogP contribution in [0.5, 0.6) is 5.75 Å². The Bertz CT molecular complexity index is 1000. The average molecular weight is 478 g/mol. The van der Waals surface area contributed by atoms with Crippen LogP contribution in [-0.4, -0.2) is 69.2 Å². The molecule has 31 heavy (non-hydrogen) atoms. The van der Waals surface area contributed by atoms with Gasteiger partial charge in [0.25, 0.3) is 0 Å². The van der Waals surface area contributed by atoms with Gasteiger partial charge in [0, 0.05) is 18.1 Å². The molecule has 13 heteroatoms. The van der Waals surface area contributed by atoms with E-state index in [-0.39, 0.29) is 19.2 Å². The van der Waals surface area contributed by atoms with Crippen molar-refractivity contribution in [2.45, 2.75) is 18.9 Å². The Hall–Kier alpha value is -2.83. The Kier molecular flexibility index (Phi) is 6.16. The molecule has 5 N–H and O–H groups in total. The maximum atomic E-state index is 12.9. The normalized spacial score (nSPS) is 20.4. The maximum absolute atomic E-state index is 12.9. The lowest BCUT2D eigenvalue weighted by atomic mass is 9.85. The third kappa shape index (κ3) is 4.31. The lowest BCUT2D eigenvalue weighted by Crippen LogP contribution is -2.50. The van der Waals surface area contributed by atoms with Gasteiger partial charge in [0.05, 0.1) is 5.75 Å². The zero-order valence-corrected chi connectivity index (χ0v) is 17.5. The zero-order chi connectivity index (χ0) is 23.0. The number of sulfonamides is 1. The Balaban J connectivity index is 1.75. The molecule has 1 saturated heterocycles. The summed E-state index contributed by atoms with van der Waals surface area (Å²) in [7, 11) is -4.39. The molecule has 11 nitrogen and oxygen atoms in total. The number of rotatable bonds is 6. The molecule has 3 rings (SSSR count). The van der Waals surface area contributed by atoms with Gasteiger partial charge >= 0.3 is 17.9 Å². The number of aliphatic carboxylic acids is 1. The minimum absolute atomic E-state index is 0.0142. The predicted molar refractivity (Wildman–Crippen MR) is 106 cm³/mol. The number of halogens is 1. The van der Waals surface area contributed by atoms with Crippen molar-refractivity contribution in [1.29, 1.82) is 0 Å². The smallest absolute Gasteiger partial charge is 0.326 e. The van der Waals surface area contributed by atoms with E-state index in [2.05, 4.69) is 4.74 Å². The van der Waals surface area contributed by atoms with Crippen molar-refractivity contribution in [1.82, 2.24) is 4.31 Å². The van der Waals surface area contributed by atoms with E-state index in [9.17, 15) is 38.7 Å². The molecule has 1 aromatic carbocycles. The molecule has 1 fully saturated rings. The van der Waals surface area contributed by atoms with Crippen molar-refractivity contribution in [2.75, 3.05) is 18.8 Å². The highest BCUT2D eigenvalue weighted by atomic mass is 35.5. The molecule has 2 aliphatic heterocycles. The second kappa shape index (κ2) is 8.36. The SMILES string of the molecule is O=C(O)C1(CS(=O)(=O)N2CCC(Oc3ccc(Cl)cc3)CC2)C(O)=C(O)OC(O)=C1O. The summed E-state index contributed by atoms with van der Waals surface area (Å²) in [5, 5.41) is 49.3. The van der Waals surface area contributed by atoms with Crippen molar-refractivity contribution < 1.29 is 48.2 Å². The summed E-state index contributed by atoms with van der Waals surface area (Å²) in [4.78, 5) is 11.8. The van der Waals surface area contributed by atoms with Gasteiger partial charge in [-0.3, -0.25) is 4.79 Å². The minimum Gasteiger partial charge on any atom is -0.504 e. The van der Waals surface area contributed by atoms with Gasteiger partial charge in [-0.05, 0) is 37.1 Å². The summed E-state index contributed by atoms with van der Waals surface area (Å²) < 4.78 is 36.8. The number of hydrogen-bond acceptors (Lipinski definition) is 9. The highest BCUT2D eigenvalue weighted by molar-refractivity contribution is 7.89. The molecule has 2 heterocycles. The van der Waals surface area contributed by atoms with Crippen molar-refractivity contribution in [3.63, 3.8) is 0 Å². The fourth-order valence-electron chi connectivity index (χ4n) is 3.37. The topological polar surface area (TPSA) is 174 Å². The van der Waals surface area contributed by atoms with E-state index < -0.39 is 50.6 Å². The van der Waals surface area contributed by atoms with E-state index in [4.69, 9.17) is 16.3 Å². The molecular weight excluding hydrogens is 458 g/mol. The molecule has 2 aliphatic rings. The standard InChI is InChI=1S/C18H20ClNO10S/c19-10-1-3-11(4-2-10)29-12-5-7-20(8-6-12)31(27,28)9-18(17(25)26)13(21)15(23)30-16(24)14(18)22/h1-4,12,21-24H,5-9H2,(H,25,26). The van der Waals surface area contributed by atoms with Gasteiger partial charge in [-0.25, -0.2) is 12.7 Å². The van der Waals surface area contributed by atoms with E-state index in [0.717, 1.165) is 4.31 Å². The van der Waals surface area contributed by atoms with Crippen LogP contribution < -0.4 is 4.74 Å². The van der Waals surface area contributed by atoms with Gasteiger partial charge in [-0.1, -0.05) is 11.6 Å². The molecule has 0 atom stereocenters. The second-order valence-electron chi connectivity index (χ2n) is 7.05. The fourth-order valence-corrected chi connectivity index (χ4v) is 5.38. The van der Waals surface area contributed by atoms with Crippen molar-refractivity contribution >= 4 is 27.6 Å². The van der Waals surface area contributed by atoms with Gasteiger partial charge in [0.2, 0.25) is 27.0 Å². The number of carbonyl (C=O) groups is 1. The number of carboxylic acids is 1. The van der Waals surface area contributed by atoms with Crippen LogP contribution >= 0.6 is 11.6 Å². The number of piperidine rings is 1. The Morgan fingerprint density at radius 1 is 1.10 bits per heavy atom. The summed E-state index contributed by atoms with van der Waals surface area (Å²) in [6.07, 6.45) is 0.301. The molecule has 0 amide bonds. The predicted octanol–water partition coefficient (Wildman–Crippen LogP) is 2.18. The van der Waals surface area contributed by atoms with Crippen LogP contribution in [0.4, 0.5) is 0 Å². The first-order valence-electron chi connectivity index (χ1n) is 9.04. The monoisotopic (exact) mass is 477 g/mol. The Morgan fingerprint density at radius 2 is 1.61 bits per heavy atom. The van der Waals surface area contributed by atoms with Crippen LogP contribution in [0, 0.1) is 5.41 Å². The highest BCUT2D eigenvalue weighted by Gasteiger charge is 2.58. The summed E-state index contributed by atoms with van der Waals surface area (Å²) >= 11 is 5.82. The van der Waals surface area contributed by atoms with Gasteiger partial charge in [0.15, 0.2) is 0 Å². The average Bonchev–Trinajstić information content (AvgIpc) is 2.71. The number of ether oxygens (including phenoxy) is 2. The summed E-state index contributed by atoms with van der Waals surface area (Å²) in [5.41, 5.74) is -3.03.